The molecule has 0 bridgehead atoms. The number of hydrogen-bond acceptors (Lipinski definition) is 5. The van der Waals surface area contributed by atoms with Crippen LogP contribution < -0.4 is 21.9 Å². The van der Waals surface area contributed by atoms with Gasteiger partial charge < -0.3 is 15.2 Å². The molecule has 24 heavy (non-hydrogen) atoms. The summed E-state index contributed by atoms with van der Waals surface area (Å²) in [4.78, 5) is 31.8. The quantitative estimate of drug-likeness (QED) is 0.838. The van der Waals surface area contributed by atoms with Crippen molar-refractivity contribution in [2.45, 2.75) is 38.3 Å². The number of aromatic nitrogens is 4. The van der Waals surface area contributed by atoms with Crippen molar-refractivity contribution in [2.75, 3.05) is 18.0 Å². The predicted octanol–water partition coefficient (Wildman–Crippen LogP) is -0.229. The lowest BCUT2D eigenvalue weighted by molar-refractivity contribution is 0.490. The molecule has 8 heteroatoms. The molecule has 0 spiro atoms. The van der Waals surface area contributed by atoms with E-state index in [1.54, 1.807) is 7.05 Å². The molecule has 1 atom stereocenters. The minimum atomic E-state index is -0.342. The average molecular weight is 332 g/mol. The number of piperidine rings is 1. The van der Waals surface area contributed by atoms with Crippen LogP contribution in [0.1, 0.15) is 25.7 Å². The van der Waals surface area contributed by atoms with Crippen LogP contribution in [0.2, 0.25) is 0 Å². The molecular weight excluding hydrogens is 308 g/mol. The van der Waals surface area contributed by atoms with E-state index >= 15 is 0 Å². The molecule has 0 radical (unpaired) electrons. The third-order valence-corrected chi connectivity index (χ3v) is 5.21. The summed E-state index contributed by atoms with van der Waals surface area (Å²) >= 11 is 0. The van der Waals surface area contributed by atoms with Gasteiger partial charge in [-0.15, -0.1) is 0 Å². The molecule has 1 aliphatic carbocycles. The molecule has 2 aromatic rings. The largest absolute Gasteiger partial charge is 0.341 e. The fourth-order valence-electron chi connectivity index (χ4n) is 3.60. The van der Waals surface area contributed by atoms with Crippen LogP contribution in [0.25, 0.3) is 11.2 Å². The first kappa shape index (κ1) is 15.4. The zero-order chi connectivity index (χ0) is 17.0. The maximum absolute atomic E-state index is 12.7. The average Bonchev–Trinajstić information content (AvgIpc) is 3.30. The lowest BCUT2D eigenvalue weighted by atomic mass is 10.1. The monoisotopic (exact) mass is 332 g/mol. The molecule has 0 amide bonds. The van der Waals surface area contributed by atoms with E-state index in [2.05, 4.69) is 4.90 Å². The normalized spacial score (nSPS) is 21.6. The molecule has 2 fully saturated rings. The molecule has 8 nitrogen and oxygen atoms in total. The van der Waals surface area contributed by atoms with Gasteiger partial charge in [0.25, 0.3) is 5.56 Å². The lowest BCUT2D eigenvalue weighted by Gasteiger charge is -2.31. The number of fused-ring (bicyclic) bond motifs is 1. The SMILES string of the molecule is Cn1c(=O)c2c(nc(N3CCCC(N)C3)n2CC2CC2)n(C)c1=O. The number of anilines is 1. The van der Waals surface area contributed by atoms with Crippen LogP contribution in [0.3, 0.4) is 0 Å². The van der Waals surface area contributed by atoms with Gasteiger partial charge in [0.1, 0.15) is 0 Å². The van der Waals surface area contributed by atoms with E-state index in [1.165, 1.54) is 29.0 Å². The lowest BCUT2D eigenvalue weighted by Crippen LogP contribution is -2.44. The molecule has 4 rings (SSSR count). The number of imidazole rings is 1. The highest BCUT2D eigenvalue weighted by Gasteiger charge is 2.29. The molecule has 1 saturated carbocycles. The van der Waals surface area contributed by atoms with Gasteiger partial charge in [0.05, 0.1) is 0 Å². The Morgan fingerprint density at radius 1 is 1.17 bits per heavy atom. The molecule has 130 valence electrons. The summed E-state index contributed by atoms with van der Waals surface area (Å²) in [5.74, 6) is 1.38. The smallest absolute Gasteiger partial charge is 0.332 e. The predicted molar refractivity (Wildman–Crippen MR) is 92.4 cm³/mol. The molecule has 3 heterocycles. The summed E-state index contributed by atoms with van der Waals surface area (Å²) < 4.78 is 4.65. The number of rotatable bonds is 3. The van der Waals surface area contributed by atoms with Gasteiger partial charge in [-0.25, -0.2) is 4.79 Å². The summed E-state index contributed by atoms with van der Waals surface area (Å²) in [6, 6.07) is 0.125. The second-order valence-electron chi connectivity index (χ2n) is 7.19. The third kappa shape index (κ3) is 2.36. The van der Waals surface area contributed by atoms with Gasteiger partial charge in [-0.1, -0.05) is 0 Å². The number of nitrogens with zero attached hydrogens (tertiary/aromatic N) is 5. The van der Waals surface area contributed by atoms with Crippen LogP contribution in [0, 0.1) is 5.92 Å². The van der Waals surface area contributed by atoms with Crippen molar-refractivity contribution < 1.29 is 0 Å². The molecule has 2 aliphatic rings. The van der Waals surface area contributed by atoms with Crippen LogP contribution in [0.15, 0.2) is 9.59 Å². The Morgan fingerprint density at radius 2 is 1.92 bits per heavy atom. The Labute approximate surface area is 139 Å². The van der Waals surface area contributed by atoms with Crippen LogP contribution in [0.5, 0.6) is 0 Å². The van der Waals surface area contributed by atoms with Crippen LogP contribution in [-0.2, 0) is 20.6 Å². The van der Waals surface area contributed by atoms with Gasteiger partial charge in [-0.3, -0.25) is 13.9 Å². The number of aryl methyl sites for hydroxylation is 1. The van der Waals surface area contributed by atoms with Gasteiger partial charge in [0.15, 0.2) is 11.2 Å². The van der Waals surface area contributed by atoms with Crippen molar-refractivity contribution in [3.05, 3.63) is 20.8 Å². The zero-order valence-corrected chi connectivity index (χ0v) is 14.2. The number of hydrogen-bond donors (Lipinski definition) is 1. The van der Waals surface area contributed by atoms with Crippen LogP contribution in [-0.4, -0.2) is 37.8 Å². The van der Waals surface area contributed by atoms with Crippen molar-refractivity contribution >= 4 is 17.1 Å². The van der Waals surface area contributed by atoms with Crippen molar-refractivity contribution in [2.24, 2.45) is 25.7 Å². The Hall–Kier alpha value is -2.09. The Morgan fingerprint density at radius 3 is 2.58 bits per heavy atom. The summed E-state index contributed by atoms with van der Waals surface area (Å²) in [6.07, 6.45) is 4.40. The summed E-state index contributed by atoms with van der Waals surface area (Å²) in [5, 5.41) is 0. The third-order valence-electron chi connectivity index (χ3n) is 5.21. The van der Waals surface area contributed by atoms with E-state index in [0.717, 1.165) is 38.4 Å². The molecule has 2 N–H and O–H groups in total. The van der Waals surface area contributed by atoms with E-state index in [0.29, 0.717) is 17.1 Å². The maximum Gasteiger partial charge on any atom is 0.332 e. The topological polar surface area (TPSA) is 91.1 Å². The van der Waals surface area contributed by atoms with E-state index < -0.39 is 0 Å². The molecule has 2 aromatic heterocycles. The van der Waals surface area contributed by atoms with Crippen molar-refractivity contribution in [1.82, 2.24) is 18.7 Å². The molecule has 1 unspecified atom stereocenters. The first-order valence-electron chi connectivity index (χ1n) is 8.64. The van der Waals surface area contributed by atoms with Gasteiger partial charge >= 0.3 is 5.69 Å². The first-order chi connectivity index (χ1) is 11.5. The van der Waals surface area contributed by atoms with Gasteiger partial charge in [0, 0.05) is 39.8 Å². The highest BCUT2D eigenvalue weighted by Crippen LogP contribution is 2.33. The minimum absolute atomic E-state index is 0.125. The van der Waals surface area contributed by atoms with Crippen LogP contribution in [0.4, 0.5) is 5.95 Å². The van der Waals surface area contributed by atoms with Gasteiger partial charge in [0.2, 0.25) is 5.95 Å². The fourth-order valence-corrected chi connectivity index (χ4v) is 3.60. The second kappa shape index (κ2) is 5.47. The zero-order valence-electron chi connectivity index (χ0n) is 14.2. The standard InChI is InChI=1S/C16H24N6O2/c1-19-13-12(14(23)20(2)16(19)24)22(8-10-5-6-10)15(18-13)21-7-3-4-11(17)9-21/h10-11H,3-9,17H2,1-2H3. The summed E-state index contributed by atoms with van der Waals surface area (Å²) in [7, 11) is 3.19. The van der Waals surface area contributed by atoms with E-state index in [-0.39, 0.29) is 17.3 Å². The van der Waals surface area contributed by atoms with E-state index in [9.17, 15) is 9.59 Å². The Bertz CT molecular complexity index is 904. The van der Waals surface area contributed by atoms with Gasteiger partial charge in [-0.05, 0) is 31.6 Å². The Kier molecular flexibility index (Phi) is 3.52. The molecule has 1 saturated heterocycles. The van der Waals surface area contributed by atoms with Crippen molar-refractivity contribution in [3.8, 4) is 0 Å². The summed E-state index contributed by atoms with van der Waals surface area (Å²) in [6.45, 7) is 2.41. The highest BCUT2D eigenvalue weighted by molar-refractivity contribution is 5.74. The highest BCUT2D eigenvalue weighted by atomic mass is 16.2. The maximum atomic E-state index is 12.7. The molecule has 1 aliphatic heterocycles. The van der Waals surface area contributed by atoms with Gasteiger partial charge in [-0.2, -0.15) is 4.98 Å². The van der Waals surface area contributed by atoms with E-state index in [4.69, 9.17) is 10.7 Å². The van der Waals surface area contributed by atoms with Crippen molar-refractivity contribution in [1.29, 1.82) is 0 Å². The molecular formula is C16H24N6O2. The molecule has 0 aromatic carbocycles. The first-order valence-corrected chi connectivity index (χ1v) is 8.64. The minimum Gasteiger partial charge on any atom is -0.341 e. The number of nitrogens with two attached hydrogens (primary N) is 1. The van der Waals surface area contributed by atoms with Crippen molar-refractivity contribution in [3.63, 3.8) is 0 Å². The summed E-state index contributed by atoms with van der Waals surface area (Å²) in [5.41, 5.74) is 6.52. The fraction of sp³-hybridized carbons (Fsp3) is 0.688. The second-order valence-corrected chi connectivity index (χ2v) is 7.19. The van der Waals surface area contributed by atoms with E-state index in [1.807, 2.05) is 4.57 Å². The Balaban J connectivity index is 1.95. The van der Waals surface area contributed by atoms with Crippen LogP contribution >= 0.6 is 0 Å².